The molecule has 5 nitrogen and oxygen atoms in total. The average Bonchev–Trinajstić information content (AvgIpc) is 3.25. The van der Waals surface area contributed by atoms with Gasteiger partial charge in [0.1, 0.15) is 12.4 Å². The molecule has 1 saturated carbocycles. The fraction of sp³-hybridized carbons (Fsp3) is 0.360. The van der Waals surface area contributed by atoms with Gasteiger partial charge in [-0.3, -0.25) is 4.79 Å². The van der Waals surface area contributed by atoms with E-state index >= 15 is 0 Å². The molecular formula is C25H28N2O3. The van der Waals surface area contributed by atoms with Crippen molar-refractivity contribution in [3.8, 4) is 17.6 Å². The number of carboxylic acids is 1. The van der Waals surface area contributed by atoms with E-state index < -0.39 is 5.97 Å². The number of benzene rings is 2. The number of rotatable bonds is 9. The standard InChI is InChI=1S/C25H28N2O3/c1-2-5-20(15-25(28)29)19-10-12-23(13-11-19)30-17-18-8-9-21(16-26)24(14-18)27-22-6-3-4-7-22/h8-14,16,20,22,26-27H,3-4,6-7,15,17H2,1H3,(H,28,29). The van der Waals surface area contributed by atoms with Gasteiger partial charge in [0.05, 0.1) is 12.3 Å². The summed E-state index contributed by atoms with van der Waals surface area (Å²) in [6.45, 7) is 2.14. The zero-order valence-electron chi connectivity index (χ0n) is 17.3. The molecule has 1 aliphatic carbocycles. The van der Waals surface area contributed by atoms with E-state index in [4.69, 9.17) is 15.3 Å². The molecule has 1 atom stereocenters. The summed E-state index contributed by atoms with van der Waals surface area (Å²) in [5.74, 6) is 5.30. The van der Waals surface area contributed by atoms with Crippen molar-refractivity contribution in [3.63, 3.8) is 0 Å². The van der Waals surface area contributed by atoms with Crippen molar-refractivity contribution in [1.29, 1.82) is 5.41 Å². The number of aliphatic carboxylic acids is 1. The highest BCUT2D eigenvalue weighted by atomic mass is 16.5. The van der Waals surface area contributed by atoms with Gasteiger partial charge in [-0.25, -0.2) is 0 Å². The van der Waals surface area contributed by atoms with E-state index in [0.29, 0.717) is 12.6 Å². The lowest BCUT2D eigenvalue weighted by molar-refractivity contribution is -0.137. The topological polar surface area (TPSA) is 82.4 Å². The summed E-state index contributed by atoms with van der Waals surface area (Å²) in [6, 6.07) is 13.9. The van der Waals surface area contributed by atoms with Crippen LogP contribution in [-0.4, -0.2) is 23.3 Å². The molecule has 3 N–H and O–H groups in total. The molecule has 2 aromatic rings. The van der Waals surface area contributed by atoms with Gasteiger partial charge in [0.15, 0.2) is 0 Å². The first-order valence-corrected chi connectivity index (χ1v) is 10.4. The highest BCUT2D eigenvalue weighted by Crippen LogP contribution is 2.26. The Morgan fingerprint density at radius 3 is 2.63 bits per heavy atom. The molecule has 0 radical (unpaired) electrons. The van der Waals surface area contributed by atoms with Gasteiger partial charge in [-0.1, -0.05) is 43.0 Å². The molecule has 0 spiro atoms. The molecule has 0 heterocycles. The van der Waals surface area contributed by atoms with Crippen LogP contribution in [0.4, 0.5) is 5.69 Å². The third-order valence-corrected chi connectivity index (χ3v) is 5.37. The maximum atomic E-state index is 11.1. The first-order valence-electron chi connectivity index (χ1n) is 10.4. The SMILES string of the molecule is CC#CC(CC(=O)O)c1ccc(OCc2ccc(C=N)c(NC3CCCC3)c2)cc1. The molecule has 5 heteroatoms. The predicted octanol–water partition coefficient (Wildman–Crippen LogP) is 5.20. The Labute approximate surface area is 178 Å². The molecule has 1 unspecified atom stereocenters. The number of hydrogen-bond donors (Lipinski definition) is 3. The minimum absolute atomic E-state index is 0.0167. The summed E-state index contributed by atoms with van der Waals surface area (Å²) in [4.78, 5) is 11.1. The number of ether oxygens (including phenoxy) is 1. The highest BCUT2D eigenvalue weighted by molar-refractivity contribution is 5.86. The lowest BCUT2D eigenvalue weighted by atomic mass is 9.96. The van der Waals surface area contributed by atoms with Crippen LogP contribution in [0, 0.1) is 17.3 Å². The Morgan fingerprint density at radius 1 is 1.27 bits per heavy atom. The molecule has 0 aliphatic heterocycles. The maximum Gasteiger partial charge on any atom is 0.304 e. The van der Waals surface area contributed by atoms with Crippen LogP contribution in [0.5, 0.6) is 5.75 Å². The third kappa shape index (κ3) is 5.87. The van der Waals surface area contributed by atoms with E-state index in [1.54, 1.807) is 6.92 Å². The molecule has 2 aromatic carbocycles. The molecular weight excluding hydrogens is 376 g/mol. The quantitative estimate of drug-likeness (QED) is 0.396. The predicted molar refractivity (Wildman–Crippen MR) is 119 cm³/mol. The molecule has 0 aromatic heterocycles. The van der Waals surface area contributed by atoms with Crippen LogP contribution in [0.25, 0.3) is 0 Å². The van der Waals surface area contributed by atoms with Crippen LogP contribution in [0.15, 0.2) is 42.5 Å². The van der Waals surface area contributed by atoms with Crippen LogP contribution in [0.2, 0.25) is 0 Å². The summed E-state index contributed by atoms with van der Waals surface area (Å²) in [7, 11) is 0. The van der Waals surface area contributed by atoms with Crippen molar-refractivity contribution >= 4 is 17.9 Å². The second-order valence-corrected chi connectivity index (χ2v) is 7.59. The van der Waals surface area contributed by atoms with Gasteiger partial charge in [-0.05, 0) is 49.1 Å². The van der Waals surface area contributed by atoms with E-state index in [1.807, 2.05) is 36.4 Å². The zero-order chi connectivity index (χ0) is 21.3. The first kappa shape index (κ1) is 21.4. The molecule has 30 heavy (non-hydrogen) atoms. The average molecular weight is 405 g/mol. The van der Waals surface area contributed by atoms with Crippen molar-refractivity contribution in [2.45, 2.75) is 57.6 Å². The van der Waals surface area contributed by atoms with E-state index in [1.165, 1.54) is 31.9 Å². The van der Waals surface area contributed by atoms with Gasteiger partial charge in [0.25, 0.3) is 0 Å². The molecule has 1 fully saturated rings. The van der Waals surface area contributed by atoms with Crippen LogP contribution in [-0.2, 0) is 11.4 Å². The number of hydrogen-bond acceptors (Lipinski definition) is 4. The molecule has 0 amide bonds. The van der Waals surface area contributed by atoms with Gasteiger partial charge in [-0.15, -0.1) is 5.92 Å². The van der Waals surface area contributed by atoms with E-state index in [2.05, 4.69) is 23.2 Å². The van der Waals surface area contributed by atoms with Crippen LogP contribution in [0.3, 0.4) is 0 Å². The van der Waals surface area contributed by atoms with Crippen molar-refractivity contribution in [2.75, 3.05) is 5.32 Å². The lowest BCUT2D eigenvalue weighted by Crippen LogP contribution is -2.16. The normalized spacial score (nSPS) is 14.4. The summed E-state index contributed by atoms with van der Waals surface area (Å²) in [5, 5.41) is 20.3. The minimum Gasteiger partial charge on any atom is -0.489 e. The Balaban J connectivity index is 1.65. The van der Waals surface area contributed by atoms with Crippen LogP contribution >= 0.6 is 0 Å². The van der Waals surface area contributed by atoms with Crippen molar-refractivity contribution < 1.29 is 14.6 Å². The Bertz CT molecular complexity index is 935. The summed E-state index contributed by atoms with van der Waals surface area (Å²) >= 11 is 0. The summed E-state index contributed by atoms with van der Waals surface area (Å²) < 4.78 is 5.93. The van der Waals surface area contributed by atoms with Gasteiger partial charge in [0.2, 0.25) is 0 Å². The Morgan fingerprint density at radius 2 is 2.00 bits per heavy atom. The summed E-state index contributed by atoms with van der Waals surface area (Å²) in [5.41, 5.74) is 3.78. The molecule has 156 valence electrons. The second-order valence-electron chi connectivity index (χ2n) is 7.59. The summed E-state index contributed by atoms with van der Waals surface area (Å²) in [6.07, 6.45) is 6.23. The molecule has 0 saturated heterocycles. The smallest absolute Gasteiger partial charge is 0.304 e. The lowest BCUT2D eigenvalue weighted by Gasteiger charge is -2.17. The Hall–Kier alpha value is -3.26. The highest BCUT2D eigenvalue weighted by Gasteiger charge is 2.16. The number of carboxylic acid groups (broad SMARTS) is 1. The van der Waals surface area contributed by atoms with Gasteiger partial charge < -0.3 is 20.6 Å². The van der Waals surface area contributed by atoms with E-state index in [-0.39, 0.29) is 12.3 Å². The second kappa shape index (κ2) is 10.5. The zero-order valence-corrected chi connectivity index (χ0v) is 17.3. The van der Waals surface area contributed by atoms with E-state index in [0.717, 1.165) is 28.1 Å². The first-order chi connectivity index (χ1) is 14.6. The van der Waals surface area contributed by atoms with E-state index in [9.17, 15) is 4.79 Å². The largest absolute Gasteiger partial charge is 0.489 e. The van der Waals surface area contributed by atoms with Gasteiger partial charge in [-0.2, -0.15) is 0 Å². The Kier molecular flexibility index (Phi) is 7.51. The van der Waals surface area contributed by atoms with Crippen molar-refractivity contribution in [2.24, 2.45) is 0 Å². The monoisotopic (exact) mass is 404 g/mol. The minimum atomic E-state index is -0.863. The number of nitrogens with one attached hydrogen (secondary N) is 2. The number of anilines is 1. The van der Waals surface area contributed by atoms with Crippen LogP contribution < -0.4 is 10.1 Å². The fourth-order valence-corrected chi connectivity index (χ4v) is 3.80. The molecule has 0 bridgehead atoms. The molecule has 1 aliphatic rings. The van der Waals surface area contributed by atoms with Gasteiger partial charge >= 0.3 is 5.97 Å². The molecule has 3 rings (SSSR count). The fourth-order valence-electron chi connectivity index (χ4n) is 3.80. The third-order valence-electron chi connectivity index (χ3n) is 5.37. The van der Waals surface area contributed by atoms with Crippen molar-refractivity contribution in [1.82, 2.24) is 0 Å². The van der Waals surface area contributed by atoms with Crippen molar-refractivity contribution in [3.05, 3.63) is 59.2 Å². The number of carbonyl (C=O) groups is 1. The van der Waals surface area contributed by atoms with Crippen LogP contribution in [0.1, 0.15) is 61.6 Å². The maximum absolute atomic E-state index is 11.1. The van der Waals surface area contributed by atoms with Gasteiger partial charge in [0, 0.05) is 23.5 Å².